The molecule has 0 radical (unpaired) electrons. The molecule has 0 aromatic carbocycles. The van der Waals surface area contributed by atoms with E-state index in [1.54, 1.807) is 0 Å². The monoisotopic (exact) mass is 249 g/mol. The first-order valence-electron chi connectivity index (χ1n) is 8.19. The van der Waals surface area contributed by atoms with Gasteiger partial charge in [-0.15, -0.1) is 0 Å². The van der Waals surface area contributed by atoms with Gasteiger partial charge in [-0.1, -0.05) is 12.8 Å². The fourth-order valence-electron chi connectivity index (χ4n) is 5.25. The van der Waals surface area contributed by atoms with Crippen molar-refractivity contribution in [3.8, 4) is 0 Å². The number of nitrogens with two attached hydrogens (primary N) is 1. The van der Waals surface area contributed by atoms with Crippen LogP contribution in [-0.4, -0.2) is 18.2 Å². The maximum Gasteiger partial charge on any atom is 0.0685 e. The number of ether oxygens (including phenoxy) is 1. The molecule has 2 heteroatoms. The Labute approximate surface area is 111 Å². The van der Waals surface area contributed by atoms with Crippen molar-refractivity contribution in [1.82, 2.24) is 0 Å². The van der Waals surface area contributed by atoms with Crippen LogP contribution in [0.1, 0.15) is 57.8 Å². The van der Waals surface area contributed by atoms with Crippen LogP contribution in [0.15, 0.2) is 0 Å². The lowest BCUT2D eigenvalue weighted by atomic mass is 9.70. The van der Waals surface area contributed by atoms with Crippen molar-refractivity contribution in [2.45, 2.75) is 69.4 Å². The Morgan fingerprint density at radius 1 is 1.00 bits per heavy atom. The molecule has 4 aliphatic rings. The predicted molar refractivity (Wildman–Crippen MR) is 72.2 cm³/mol. The van der Waals surface area contributed by atoms with Crippen molar-refractivity contribution < 1.29 is 4.74 Å². The van der Waals surface area contributed by atoms with Crippen LogP contribution in [0, 0.1) is 23.7 Å². The van der Waals surface area contributed by atoms with Crippen LogP contribution in [0.4, 0.5) is 0 Å². The quantitative estimate of drug-likeness (QED) is 0.816. The van der Waals surface area contributed by atoms with Crippen LogP contribution >= 0.6 is 0 Å². The molecular weight excluding hydrogens is 222 g/mol. The molecule has 0 aromatic rings. The van der Waals surface area contributed by atoms with Crippen LogP contribution in [0.25, 0.3) is 0 Å². The minimum Gasteiger partial charge on any atom is -0.375 e. The Morgan fingerprint density at radius 3 is 2.33 bits per heavy atom. The molecule has 4 rings (SSSR count). The SMILES string of the molecule is NC(C1CCOC2(CCC2)C1)C1C2CCCCC21. The third-order valence-corrected chi connectivity index (χ3v) is 6.51. The molecule has 0 aromatic heterocycles. The second-order valence-corrected chi connectivity index (χ2v) is 7.40. The normalized spacial score (nSPS) is 47.2. The van der Waals surface area contributed by atoms with Gasteiger partial charge in [-0.3, -0.25) is 0 Å². The van der Waals surface area contributed by atoms with Gasteiger partial charge in [0, 0.05) is 12.6 Å². The first kappa shape index (κ1) is 11.7. The van der Waals surface area contributed by atoms with Gasteiger partial charge in [-0.2, -0.15) is 0 Å². The molecule has 3 saturated carbocycles. The first-order valence-corrected chi connectivity index (χ1v) is 8.19. The van der Waals surface area contributed by atoms with E-state index >= 15 is 0 Å². The summed E-state index contributed by atoms with van der Waals surface area (Å²) in [5.41, 5.74) is 6.94. The van der Waals surface area contributed by atoms with Gasteiger partial charge in [0.1, 0.15) is 0 Å². The Morgan fingerprint density at radius 2 is 1.72 bits per heavy atom. The Balaban J connectivity index is 1.40. The Hall–Kier alpha value is -0.0800. The van der Waals surface area contributed by atoms with Gasteiger partial charge in [0.15, 0.2) is 0 Å². The van der Waals surface area contributed by atoms with E-state index in [1.807, 2.05) is 0 Å². The zero-order chi connectivity index (χ0) is 12.2. The molecule has 0 amide bonds. The van der Waals surface area contributed by atoms with Crippen molar-refractivity contribution in [2.75, 3.05) is 6.61 Å². The lowest BCUT2D eigenvalue weighted by Gasteiger charge is -2.48. The third-order valence-electron chi connectivity index (χ3n) is 6.51. The number of hydrogen-bond donors (Lipinski definition) is 1. The van der Waals surface area contributed by atoms with E-state index in [2.05, 4.69) is 0 Å². The van der Waals surface area contributed by atoms with E-state index in [0.29, 0.717) is 6.04 Å². The Bertz CT molecular complexity index is 313. The molecular formula is C16H27NO. The highest BCUT2D eigenvalue weighted by atomic mass is 16.5. The fourth-order valence-corrected chi connectivity index (χ4v) is 5.25. The van der Waals surface area contributed by atoms with E-state index in [-0.39, 0.29) is 5.60 Å². The average molecular weight is 249 g/mol. The minimum absolute atomic E-state index is 0.278. The summed E-state index contributed by atoms with van der Waals surface area (Å²) in [6.45, 7) is 0.973. The summed E-state index contributed by atoms with van der Waals surface area (Å²) in [5.74, 6) is 3.66. The molecule has 2 nitrogen and oxygen atoms in total. The molecule has 102 valence electrons. The topological polar surface area (TPSA) is 35.2 Å². The summed E-state index contributed by atoms with van der Waals surface area (Å²) in [5, 5.41) is 0. The molecule has 2 N–H and O–H groups in total. The summed E-state index contributed by atoms with van der Waals surface area (Å²) in [7, 11) is 0. The van der Waals surface area contributed by atoms with Crippen molar-refractivity contribution in [3.63, 3.8) is 0 Å². The van der Waals surface area contributed by atoms with Crippen molar-refractivity contribution >= 4 is 0 Å². The third kappa shape index (κ3) is 1.76. The highest BCUT2D eigenvalue weighted by molar-refractivity contribution is 5.07. The van der Waals surface area contributed by atoms with Crippen LogP contribution in [-0.2, 0) is 4.74 Å². The van der Waals surface area contributed by atoms with Crippen molar-refractivity contribution in [3.05, 3.63) is 0 Å². The van der Waals surface area contributed by atoms with Gasteiger partial charge in [0.2, 0.25) is 0 Å². The maximum atomic E-state index is 6.66. The molecule has 1 aliphatic heterocycles. The van der Waals surface area contributed by atoms with Crippen LogP contribution < -0.4 is 5.73 Å². The van der Waals surface area contributed by atoms with E-state index in [0.717, 1.165) is 30.3 Å². The number of hydrogen-bond acceptors (Lipinski definition) is 2. The van der Waals surface area contributed by atoms with Crippen LogP contribution in [0.5, 0.6) is 0 Å². The smallest absolute Gasteiger partial charge is 0.0685 e. The summed E-state index contributed by atoms with van der Waals surface area (Å²) in [6, 6.07) is 0.486. The number of fused-ring (bicyclic) bond motifs is 1. The molecule has 1 heterocycles. The van der Waals surface area contributed by atoms with Gasteiger partial charge in [-0.25, -0.2) is 0 Å². The van der Waals surface area contributed by atoms with Gasteiger partial charge in [0.25, 0.3) is 0 Å². The minimum atomic E-state index is 0.278. The summed E-state index contributed by atoms with van der Waals surface area (Å²) in [6.07, 6.45) is 12.3. The Kier molecular flexibility index (Phi) is 2.74. The second kappa shape index (κ2) is 4.21. The molecule has 1 saturated heterocycles. The average Bonchev–Trinajstić information content (AvgIpc) is 3.10. The first-order chi connectivity index (χ1) is 8.79. The molecule has 18 heavy (non-hydrogen) atoms. The predicted octanol–water partition coefficient (Wildman–Crippen LogP) is 3.10. The largest absolute Gasteiger partial charge is 0.375 e. The van der Waals surface area contributed by atoms with Gasteiger partial charge in [-0.05, 0) is 68.6 Å². The van der Waals surface area contributed by atoms with E-state index in [4.69, 9.17) is 10.5 Å². The summed E-state index contributed by atoms with van der Waals surface area (Å²) < 4.78 is 6.05. The molecule has 0 bridgehead atoms. The lowest BCUT2D eigenvalue weighted by Crippen LogP contribution is -2.50. The number of rotatable bonds is 2. The van der Waals surface area contributed by atoms with E-state index < -0.39 is 0 Å². The fraction of sp³-hybridized carbons (Fsp3) is 1.00. The summed E-state index contributed by atoms with van der Waals surface area (Å²) >= 11 is 0. The molecule has 4 atom stereocenters. The molecule has 1 spiro atoms. The van der Waals surface area contributed by atoms with Gasteiger partial charge in [0.05, 0.1) is 5.60 Å². The van der Waals surface area contributed by atoms with Crippen LogP contribution in [0.2, 0.25) is 0 Å². The van der Waals surface area contributed by atoms with Gasteiger partial charge < -0.3 is 10.5 Å². The second-order valence-electron chi connectivity index (χ2n) is 7.40. The van der Waals surface area contributed by atoms with E-state index in [9.17, 15) is 0 Å². The van der Waals surface area contributed by atoms with E-state index in [1.165, 1.54) is 57.8 Å². The van der Waals surface area contributed by atoms with Crippen molar-refractivity contribution in [1.29, 1.82) is 0 Å². The maximum absolute atomic E-state index is 6.66. The molecule has 4 unspecified atom stereocenters. The molecule has 4 fully saturated rings. The lowest BCUT2D eigenvalue weighted by molar-refractivity contribution is -0.146. The standard InChI is InChI=1S/C16H27NO/c17-15(14-12-4-1-2-5-13(12)14)11-6-9-18-16(10-11)7-3-8-16/h11-15H,1-10,17H2. The molecule has 3 aliphatic carbocycles. The zero-order valence-corrected chi connectivity index (χ0v) is 11.4. The van der Waals surface area contributed by atoms with Gasteiger partial charge >= 0.3 is 0 Å². The highest BCUT2D eigenvalue weighted by Gasteiger charge is 2.56. The highest BCUT2D eigenvalue weighted by Crippen LogP contribution is 2.59. The van der Waals surface area contributed by atoms with Crippen LogP contribution in [0.3, 0.4) is 0 Å². The zero-order valence-electron chi connectivity index (χ0n) is 11.4. The van der Waals surface area contributed by atoms with Crippen molar-refractivity contribution in [2.24, 2.45) is 29.4 Å². The summed E-state index contributed by atoms with van der Waals surface area (Å²) in [4.78, 5) is 0.